The average Bonchev–Trinajstić information content (AvgIpc) is 2.86. The molecule has 19 heavy (non-hydrogen) atoms. The molecule has 1 aromatic carbocycles. The van der Waals surface area contributed by atoms with Crippen LogP contribution in [0.1, 0.15) is 11.3 Å². The maximum Gasteiger partial charge on any atom is 0.179 e. The minimum atomic E-state index is 0.377. The summed E-state index contributed by atoms with van der Waals surface area (Å²) in [4.78, 5) is 0. The third-order valence-electron chi connectivity index (χ3n) is 2.80. The molecule has 0 bridgehead atoms. The van der Waals surface area contributed by atoms with Crippen molar-refractivity contribution in [1.29, 1.82) is 0 Å². The number of benzene rings is 1. The molecule has 1 aliphatic heterocycles. The molecule has 6 nitrogen and oxygen atoms in total. The van der Waals surface area contributed by atoms with E-state index in [0.29, 0.717) is 42.8 Å². The zero-order valence-electron chi connectivity index (χ0n) is 10.2. The Morgan fingerprint density at radius 3 is 2.95 bits per heavy atom. The maximum absolute atomic E-state index is 6.18. The fraction of sp³-hybridized carbons (Fsp3) is 0.333. The van der Waals surface area contributed by atoms with Crippen LogP contribution in [0.15, 0.2) is 18.3 Å². The van der Waals surface area contributed by atoms with Crippen molar-refractivity contribution in [2.45, 2.75) is 13.1 Å². The van der Waals surface area contributed by atoms with Crippen LogP contribution in [-0.4, -0.2) is 28.2 Å². The lowest BCUT2D eigenvalue weighted by atomic mass is 10.2. The van der Waals surface area contributed by atoms with Gasteiger partial charge in [-0.1, -0.05) is 16.8 Å². The highest BCUT2D eigenvalue weighted by Gasteiger charge is 2.16. The predicted molar refractivity (Wildman–Crippen MR) is 69.5 cm³/mol. The smallest absolute Gasteiger partial charge is 0.179 e. The molecule has 7 heteroatoms. The molecule has 100 valence electrons. The van der Waals surface area contributed by atoms with Gasteiger partial charge in [-0.25, -0.2) is 4.68 Å². The lowest BCUT2D eigenvalue weighted by molar-refractivity contribution is 0.171. The number of rotatable bonds is 3. The molecule has 3 rings (SSSR count). The molecule has 0 unspecified atom stereocenters. The second-order valence-electron chi connectivity index (χ2n) is 4.21. The van der Waals surface area contributed by atoms with E-state index < -0.39 is 0 Å². The molecule has 2 heterocycles. The van der Waals surface area contributed by atoms with Crippen LogP contribution in [-0.2, 0) is 13.1 Å². The Morgan fingerprint density at radius 1 is 1.32 bits per heavy atom. The van der Waals surface area contributed by atoms with Gasteiger partial charge in [0.15, 0.2) is 11.5 Å². The van der Waals surface area contributed by atoms with Crippen LogP contribution in [0.4, 0.5) is 0 Å². The Morgan fingerprint density at radius 2 is 2.16 bits per heavy atom. The second-order valence-corrected chi connectivity index (χ2v) is 4.62. The molecule has 0 amide bonds. The maximum atomic E-state index is 6.18. The van der Waals surface area contributed by atoms with E-state index in [2.05, 4.69) is 10.3 Å². The van der Waals surface area contributed by atoms with E-state index >= 15 is 0 Å². The highest BCUT2D eigenvalue weighted by atomic mass is 35.5. The summed E-state index contributed by atoms with van der Waals surface area (Å²) in [7, 11) is 0. The van der Waals surface area contributed by atoms with E-state index in [4.69, 9.17) is 26.8 Å². The standard InChI is InChI=1S/C12H13ClN4O2/c13-10-3-8(4-11-12(10)19-2-1-18-11)6-17-7-9(5-14)15-16-17/h3-4,7H,1-2,5-6,14H2. The number of hydrogen-bond acceptors (Lipinski definition) is 5. The van der Waals surface area contributed by atoms with Crippen LogP contribution in [0.2, 0.25) is 5.02 Å². The van der Waals surface area contributed by atoms with Crippen molar-refractivity contribution in [2.75, 3.05) is 13.2 Å². The van der Waals surface area contributed by atoms with Crippen molar-refractivity contribution in [1.82, 2.24) is 15.0 Å². The van der Waals surface area contributed by atoms with Gasteiger partial charge >= 0.3 is 0 Å². The third kappa shape index (κ3) is 2.50. The minimum absolute atomic E-state index is 0.377. The van der Waals surface area contributed by atoms with Crippen LogP contribution in [0.25, 0.3) is 0 Å². The molecular weight excluding hydrogens is 268 g/mol. The lowest BCUT2D eigenvalue weighted by Crippen LogP contribution is -2.16. The van der Waals surface area contributed by atoms with Gasteiger partial charge in [-0.2, -0.15) is 0 Å². The van der Waals surface area contributed by atoms with Crippen molar-refractivity contribution in [3.05, 3.63) is 34.6 Å². The number of hydrogen-bond donors (Lipinski definition) is 1. The van der Waals surface area contributed by atoms with Gasteiger partial charge in [0, 0.05) is 6.54 Å². The zero-order valence-corrected chi connectivity index (χ0v) is 10.9. The Kier molecular flexibility index (Phi) is 3.27. The van der Waals surface area contributed by atoms with Gasteiger partial charge in [0.1, 0.15) is 13.2 Å². The second kappa shape index (κ2) is 5.07. The van der Waals surface area contributed by atoms with Gasteiger partial charge < -0.3 is 15.2 Å². The predicted octanol–water partition coefficient (Wildman–Crippen LogP) is 1.21. The molecule has 2 aromatic rings. The molecule has 2 N–H and O–H groups in total. The summed E-state index contributed by atoms with van der Waals surface area (Å²) in [5, 5.41) is 8.48. The summed E-state index contributed by atoms with van der Waals surface area (Å²) < 4.78 is 12.7. The zero-order chi connectivity index (χ0) is 13.2. The molecule has 0 aliphatic carbocycles. The number of aromatic nitrogens is 3. The van der Waals surface area contributed by atoms with Crippen molar-refractivity contribution in [3.8, 4) is 11.5 Å². The van der Waals surface area contributed by atoms with E-state index in [0.717, 1.165) is 11.3 Å². The number of halogens is 1. The topological polar surface area (TPSA) is 75.2 Å². The molecule has 0 saturated carbocycles. The first-order valence-corrected chi connectivity index (χ1v) is 6.31. The SMILES string of the molecule is NCc1cn(Cc2cc(Cl)c3c(c2)OCCO3)nn1. The summed E-state index contributed by atoms with van der Waals surface area (Å²) in [6.07, 6.45) is 1.81. The molecule has 0 fully saturated rings. The van der Waals surface area contributed by atoms with Gasteiger partial charge in [-0.3, -0.25) is 0 Å². The third-order valence-corrected chi connectivity index (χ3v) is 3.08. The van der Waals surface area contributed by atoms with Crippen LogP contribution in [0.3, 0.4) is 0 Å². The van der Waals surface area contributed by atoms with Gasteiger partial charge in [-0.15, -0.1) is 5.10 Å². The van der Waals surface area contributed by atoms with Crippen molar-refractivity contribution < 1.29 is 9.47 Å². The molecule has 0 radical (unpaired) electrons. The first kappa shape index (κ1) is 12.3. The Hall–Kier alpha value is -1.79. The number of ether oxygens (including phenoxy) is 2. The summed E-state index contributed by atoms with van der Waals surface area (Å²) in [5.41, 5.74) is 7.23. The summed E-state index contributed by atoms with van der Waals surface area (Å²) in [6.45, 7) is 1.99. The molecule has 1 aliphatic rings. The normalized spacial score (nSPS) is 13.6. The van der Waals surface area contributed by atoms with Crippen LogP contribution < -0.4 is 15.2 Å². The van der Waals surface area contributed by atoms with Crippen molar-refractivity contribution >= 4 is 11.6 Å². The number of fused-ring (bicyclic) bond motifs is 1. The Bertz CT molecular complexity index is 599. The molecule has 1 aromatic heterocycles. The van der Waals surface area contributed by atoms with Crippen LogP contribution in [0, 0.1) is 0 Å². The summed E-state index contributed by atoms with van der Waals surface area (Å²) >= 11 is 6.18. The molecule has 0 saturated heterocycles. The molecular formula is C12H13ClN4O2. The first-order chi connectivity index (χ1) is 9.26. The van der Waals surface area contributed by atoms with E-state index in [9.17, 15) is 0 Å². The number of nitrogens with two attached hydrogens (primary N) is 1. The van der Waals surface area contributed by atoms with Gasteiger partial charge in [0.05, 0.1) is 23.5 Å². The quantitative estimate of drug-likeness (QED) is 0.915. The van der Waals surface area contributed by atoms with E-state index in [1.54, 1.807) is 4.68 Å². The fourth-order valence-electron chi connectivity index (χ4n) is 1.95. The monoisotopic (exact) mass is 280 g/mol. The molecule has 0 spiro atoms. The molecule has 0 atom stereocenters. The van der Waals surface area contributed by atoms with Gasteiger partial charge in [0.25, 0.3) is 0 Å². The Labute approximate surface area is 115 Å². The van der Waals surface area contributed by atoms with Gasteiger partial charge in [0.2, 0.25) is 0 Å². The van der Waals surface area contributed by atoms with Crippen LogP contribution >= 0.6 is 11.6 Å². The number of nitrogens with zero attached hydrogens (tertiary/aromatic N) is 3. The summed E-state index contributed by atoms with van der Waals surface area (Å²) in [5.74, 6) is 1.28. The van der Waals surface area contributed by atoms with Gasteiger partial charge in [-0.05, 0) is 17.7 Å². The van der Waals surface area contributed by atoms with Crippen LogP contribution in [0.5, 0.6) is 11.5 Å². The highest BCUT2D eigenvalue weighted by Crippen LogP contribution is 2.38. The fourth-order valence-corrected chi connectivity index (χ4v) is 2.24. The first-order valence-electron chi connectivity index (χ1n) is 5.93. The van der Waals surface area contributed by atoms with Crippen molar-refractivity contribution in [2.24, 2.45) is 5.73 Å². The van der Waals surface area contributed by atoms with E-state index in [1.165, 1.54) is 0 Å². The largest absolute Gasteiger partial charge is 0.486 e. The minimum Gasteiger partial charge on any atom is -0.486 e. The summed E-state index contributed by atoms with van der Waals surface area (Å²) in [6, 6.07) is 3.75. The Balaban J connectivity index is 1.86. The van der Waals surface area contributed by atoms with E-state index in [-0.39, 0.29) is 0 Å². The van der Waals surface area contributed by atoms with Crippen molar-refractivity contribution in [3.63, 3.8) is 0 Å². The lowest BCUT2D eigenvalue weighted by Gasteiger charge is -2.20. The average molecular weight is 281 g/mol. The highest BCUT2D eigenvalue weighted by molar-refractivity contribution is 6.32. The van der Waals surface area contributed by atoms with E-state index in [1.807, 2.05) is 18.3 Å².